The zero-order chi connectivity index (χ0) is 10.4. The van der Waals surface area contributed by atoms with Crippen molar-refractivity contribution in [3.05, 3.63) is 0 Å². The van der Waals surface area contributed by atoms with Gasteiger partial charge in [-0.05, 0) is 5.92 Å². The number of ether oxygens (including phenoxy) is 1. The second-order valence-electron chi connectivity index (χ2n) is 3.84. The van der Waals surface area contributed by atoms with Crippen LogP contribution in [0.5, 0.6) is 0 Å². The van der Waals surface area contributed by atoms with E-state index in [0.717, 1.165) is 19.5 Å². The maximum absolute atomic E-state index is 11.6. The van der Waals surface area contributed by atoms with E-state index in [0.29, 0.717) is 19.1 Å². The lowest BCUT2D eigenvalue weighted by molar-refractivity contribution is -0.126. The van der Waals surface area contributed by atoms with Crippen molar-refractivity contribution in [2.45, 2.75) is 26.3 Å². The lowest BCUT2D eigenvalue weighted by Crippen LogP contribution is -2.51. The van der Waals surface area contributed by atoms with Crippen LogP contribution in [0.3, 0.4) is 0 Å². The van der Waals surface area contributed by atoms with E-state index in [4.69, 9.17) is 4.74 Å². The van der Waals surface area contributed by atoms with E-state index < -0.39 is 0 Å². The summed E-state index contributed by atoms with van der Waals surface area (Å²) in [5.74, 6) is 0.605. The van der Waals surface area contributed by atoms with E-state index in [1.54, 1.807) is 0 Å². The van der Waals surface area contributed by atoms with Crippen molar-refractivity contribution >= 4 is 5.91 Å². The molecule has 82 valence electrons. The SMILES string of the molecule is CCC(C)CNC(=O)C1COCCN1. The number of carbonyl (C=O) groups excluding carboxylic acids is 1. The molecule has 2 N–H and O–H groups in total. The molecule has 1 amide bonds. The zero-order valence-electron chi connectivity index (χ0n) is 9.01. The maximum atomic E-state index is 11.6. The zero-order valence-corrected chi connectivity index (χ0v) is 9.01. The van der Waals surface area contributed by atoms with Gasteiger partial charge < -0.3 is 15.4 Å². The number of rotatable bonds is 4. The smallest absolute Gasteiger partial charge is 0.239 e. The number of hydrogen-bond donors (Lipinski definition) is 2. The Balaban J connectivity index is 2.19. The van der Waals surface area contributed by atoms with Gasteiger partial charge in [0.1, 0.15) is 6.04 Å². The van der Waals surface area contributed by atoms with Crippen LogP contribution in [0.2, 0.25) is 0 Å². The average molecular weight is 200 g/mol. The first-order chi connectivity index (χ1) is 6.74. The van der Waals surface area contributed by atoms with Crippen LogP contribution >= 0.6 is 0 Å². The molecule has 0 spiro atoms. The van der Waals surface area contributed by atoms with Gasteiger partial charge >= 0.3 is 0 Å². The van der Waals surface area contributed by atoms with Crippen LogP contribution in [-0.2, 0) is 9.53 Å². The van der Waals surface area contributed by atoms with Crippen LogP contribution in [0.25, 0.3) is 0 Å². The van der Waals surface area contributed by atoms with Crippen LogP contribution in [0.1, 0.15) is 20.3 Å². The molecule has 2 atom stereocenters. The molecule has 4 heteroatoms. The lowest BCUT2D eigenvalue weighted by atomic mass is 10.1. The minimum Gasteiger partial charge on any atom is -0.378 e. The van der Waals surface area contributed by atoms with E-state index in [9.17, 15) is 4.79 Å². The molecule has 0 aliphatic carbocycles. The standard InChI is InChI=1S/C10H20N2O2/c1-3-8(2)6-12-10(13)9-7-14-5-4-11-9/h8-9,11H,3-7H2,1-2H3,(H,12,13). The number of carbonyl (C=O) groups is 1. The van der Waals surface area contributed by atoms with E-state index in [-0.39, 0.29) is 11.9 Å². The van der Waals surface area contributed by atoms with Gasteiger partial charge in [-0.15, -0.1) is 0 Å². The fourth-order valence-corrected chi connectivity index (χ4v) is 1.28. The third kappa shape index (κ3) is 3.64. The van der Waals surface area contributed by atoms with Crippen LogP contribution in [-0.4, -0.2) is 38.3 Å². The van der Waals surface area contributed by atoms with Crippen LogP contribution in [0, 0.1) is 5.92 Å². The van der Waals surface area contributed by atoms with Gasteiger partial charge in [0.2, 0.25) is 5.91 Å². The summed E-state index contributed by atoms with van der Waals surface area (Å²) in [4.78, 5) is 11.6. The largest absolute Gasteiger partial charge is 0.378 e. The quantitative estimate of drug-likeness (QED) is 0.678. The normalized spacial score (nSPS) is 24.3. The van der Waals surface area contributed by atoms with Gasteiger partial charge in [-0.2, -0.15) is 0 Å². The maximum Gasteiger partial charge on any atom is 0.239 e. The Labute approximate surface area is 85.4 Å². The Hall–Kier alpha value is -0.610. The van der Waals surface area contributed by atoms with Gasteiger partial charge in [-0.25, -0.2) is 0 Å². The molecule has 4 nitrogen and oxygen atoms in total. The summed E-state index contributed by atoms with van der Waals surface area (Å²) in [6, 6.07) is -0.159. The van der Waals surface area contributed by atoms with Crippen LogP contribution in [0.15, 0.2) is 0 Å². The number of hydrogen-bond acceptors (Lipinski definition) is 3. The summed E-state index contributed by atoms with van der Waals surface area (Å²) >= 11 is 0. The first-order valence-electron chi connectivity index (χ1n) is 5.33. The van der Waals surface area contributed by atoms with Gasteiger partial charge in [0.05, 0.1) is 13.2 Å². The summed E-state index contributed by atoms with van der Waals surface area (Å²) in [6.07, 6.45) is 1.09. The van der Waals surface area contributed by atoms with Crippen molar-refractivity contribution in [2.75, 3.05) is 26.3 Å². The molecule has 1 saturated heterocycles. The second kappa shape index (κ2) is 5.98. The Bertz CT molecular complexity index is 179. The molecule has 0 radical (unpaired) electrons. The van der Waals surface area contributed by atoms with Crippen molar-refractivity contribution in [3.63, 3.8) is 0 Å². The van der Waals surface area contributed by atoms with Crippen LogP contribution < -0.4 is 10.6 Å². The minimum absolute atomic E-state index is 0.0602. The second-order valence-corrected chi connectivity index (χ2v) is 3.84. The minimum atomic E-state index is -0.159. The fourth-order valence-electron chi connectivity index (χ4n) is 1.28. The van der Waals surface area contributed by atoms with E-state index in [2.05, 4.69) is 24.5 Å². The highest BCUT2D eigenvalue weighted by Gasteiger charge is 2.20. The fraction of sp³-hybridized carbons (Fsp3) is 0.900. The molecule has 0 bridgehead atoms. The Morgan fingerprint density at radius 1 is 1.71 bits per heavy atom. The van der Waals surface area contributed by atoms with Crippen molar-refractivity contribution in [1.29, 1.82) is 0 Å². The molecule has 0 saturated carbocycles. The van der Waals surface area contributed by atoms with Gasteiger partial charge in [-0.1, -0.05) is 20.3 Å². The first-order valence-corrected chi connectivity index (χ1v) is 5.33. The summed E-state index contributed by atoms with van der Waals surface area (Å²) in [6.45, 7) is 6.97. The van der Waals surface area contributed by atoms with Crippen molar-refractivity contribution in [2.24, 2.45) is 5.92 Å². The third-order valence-electron chi connectivity index (χ3n) is 2.56. The Kier molecular flexibility index (Phi) is 4.90. The van der Waals surface area contributed by atoms with Crippen molar-refractivity contribution < 1.29 is 9.53 Å². The lowest BCUT2D eigenvalue weighted by Gasteiger charge is -2.23. The average Bonchev–Trinajstić information content (AvgIpc) is 2.26. The van der Waals surface area contributed by atoms with E-state index in [1.165, 1.54) is 0 Å². The summed E-state index contributed by atoms with van der Waals surface area (Å²) in [7, 11) is 0. The summed E-state index contributed by atoms with van der Waals surface area (Å²) in [5, 5.41) is 6.05. The summed E-state index contributed by atoms with van der Waals surface area (Å²) in [5.41, 5.74) is 0. The molecule has 1 rings (SSSR count). The highest BCUT2D eigenvalue weighted by Crippen LogP contribution is 1.98. The number of nitrogens with one attached hydrogen (secondary N) is 2. The molecule has 14 heavy (non-hydrogen) atoms. The number of amides is 1. The Morgan fingerprint density at radius 2 is 2.50 bits per heavy atom. The number of morpholine rings is 1. The molecule has 0 aromatic carbocycles. The molecule has 1 fully saturated rings. The highest BCUT2D eigenvalue weighted by molar-refractivity contribution is 5.81. The first kappa shape index (κ1) is 11.5. The molecule has 2 unspecified atom stereocenters. The highest BCUT2D eigenvalue weighted by atomic mass is 16.5. The summed E-state index contributed by atoms with van der Waals surface area (Å²) < 4.78 is 5.21. The molecule has 1 heterocycles. The molecular formula is C10H20N2O2. The predicted molar refractivity (Wildman–Crippen MR) is 55.1 cm³/mol. The van der Waals surface area contributed by atoms with Gasteiger partial charge in [0.25, 0.3) is 0 Å². The molecular weight excluding hydrogens is 180 g/mol. The topological polar surface area (TPSA) is 50.4 Å². The van der Waals surface area contributed by atoms with E-state index >= 15 is 0 Å². The third-order valence-corrected chi connectivity index (χ3v) is 2.56. The van der Waals surface area contributed by atoms with Crippen molar-refractivity contribution in [3.8, 4) is 0 Å². The molecule has 1 aliphatic heterocycles. The van der Waals surface area contributed by atoms with E-state index in [1.807, 2.05) is 0 Å². The molecule has 0 aromatic rings. The molecule has 0 aromatic heterocycles. The van der Waals surface area contributed by atoms with Gasteiger partial charge in [-0.3, -0.25) is 4.79 Å². The van der Waals surface area contributed by atoms with Gasteiger partial charge in [0.15, 0.2) is 0 Å². The molecule has 1 aliphatic rings. The van der Waals surface area contributed by atoms with Crippen molar-refractivity contribution in [1.82, 2.24) is 10.6 Å². The van der Waals surface area contributed by atoms with Gasteiger partial charge in [0, 0.05) is 13.1 Å². The Morgan fingerprint density at radius 3 is 3.07 bits per heavy atom. The van der Waals surface area contributed by atoms with Crippen LogP contribution in [0.4, 0.5) is 0 Å². The predicted octanol–water partition coefficient (Wildman–Crippen LogP) is 0.137. The monoisotopic (exact) mass is 200 g/mol.